The second kappa shape index (κ2) is 13.4. The molecule has 0 N–H and O–H groups in total. The second-order valence-electron chi connectivity index (χ2n) is 6.81. The van der Waals surface area contributed by atoms with Crippen molar-refractivity contribution in [3.8, 4) is 23.0 Å². The van der Waals surface area contributed by atoms with Crippen molar-refractivity contribution in [2.24, 2.45) is 10.2 Å². The first-order valence-electron chi connectivity index (χ1n) is 11.1. The van der Waals surface area contributed by atoms with E-state index in [9.17, 15) is 9.59 Å². The fourth-order valence-corrected chi connectivity index (χ4v) is 3.25. The first-order chi connectivity index (χ1) is 16.4. The molecule has 0 radical (unpaired) electrons. The number of halogens is 1. The lowest BCUT2D eigenvalue weighted by molar-refractivity contribution is -0.126. The van der Waals surface area contributed by atoms with Crippen molar-refractivity contribution in [1.82, 2.24) is 0 Å². The lowest BCUT2D eigenvalue weighted by atomic mass is 10.2. The van der Waals surface area contributed by atoms with E-state index in [4.69, 9.17) is 30.7 Å². The van der Waals surface area contributed by atoms with Crippen molar-refractivity contribution >= 4 is 34.8 Å². The molecule has 0 aliphatic rings. The van der Waals surface area contributed by atoms with E-state index in [1.807, 2.05) is 13.8 Å². The predicted octanol–water partition coefficient (Wildman–Crippen LogP) is 5.51. The Morgan fingerprint density at radius 3 is 1.97 bits per heavy atom. The van der Waals surface area contributed by atoms with E-state index in [0.29, 0.717) is 55.1 Å². The first kappa shape index (κ1) is 26.9. The van der Waals surface area contributed by atoms with Gasteiger partial charge in [0.15, 0.2) is 5.78 Å². The minimum absolute atomic E-state index is 0.190. The van der Waals surface area contributed by atoms with E-state index in [-0.39, 0.29) is 5.69 Å². The van der Waals surface area contributed by atoms with E-state index in [0.717, 1.165) is 4.42 Å². The summed E-state index contributed by atoms with van der Waals surface area (Å²) in [5.41, 5.74) is 0.533. The Kier molecular flexibility index (Phi) is 10.6. The number of azo groups is 1. The van der Waals surface area contributed by atoms with Gasteiger partial charge >= 0.3 is 0 Å². The minimum Gasteiger partial charge on any atom is -0.494 e. The summed E-state index contributed by atoms with van der Waals surface area (Å²) in [6.45, 7) is 10.1. The molecule has 184 valence electrons. The maximum Gasteiger partial charge on any atom is 0.276 e. The van der Waals surface area contributed by atoms with Crippen LogP contribution in [0.5, 0.6) is 23.0 Å². The van der Waals surface area contributed by atoms with Crippen molar-refractivity contribution < 1.29 is 28.5 Å². The topological polar surface area (TPSA) is 99.0 Å². The van der Waals surface area contributed by atoms with E-state index >= 15 is 0 Å². The molecule has 0 aliphatic heterocycles. The number of rotatable bonds is 13. The molecule has 34 heavy (non-hydrogen) atoms. The highest BCUT2D eigenvalue weighted by Gasteiger charge is 2.32. The predicted molar refractivity (Wildman–Crippen MR) is 130 cm³/mol. The number of para-hydroxylation sites is 1. The quantitative estimate of drug-likeness (QED) is 0.208. The Bertz CT molecular complexity index is 990. The first-order valence-corrected chi connectivity index (χ1v) is 11.4. The lowest BCUT2D eigenvalue weighted by Gasteiger charge is -2.22. The Balaban J connectivity index is 2.41. The van der Waals surface area contributed by atoms with Gasteiger partial charge in [0.1, 0.15) is 34.4 Å². The summed E-state index contributed by atoms with van der Waals surface area (Å²) in [6.07, 6.45) is 0. The number of anilines is 1. The van der Waals surface area contributed by atoms with Crippen molar-refractivity contribution in [3.63, 3.8) is 0 Å². The van der Waals surface area contributed by atoms with Gasteiger partial charge in [-0.15, -0.1) is 0 Å². The molecule has 0 heterocycles. The van der Waals surface area contributed by atoms with Crippen molar-refractivity contribution in [2.75, 3.05) is 30.8 Å². The zero-order valence-corrected chi connectivity index (χ0v) is 20.8. The maximum atomic E-state index is 13.2. The highest BCUT2D eigenvalue weighted by molar-refractivity contribution is 6.39. The normalized spacial score (nSPS) is 11.7. The third-order valence-electron chi connectivity index (χ3n) is 4.39. The largest absolute Gasteiger partial charge is 0.494 e. The Labute approximate surface area is 204 Å². The summed E-state index contributed by atoms with van der Waals surface area (Å²) in [4.78, 5) is 25.6. The van der Waals surface area contributed by atoms with Gasteiger partial charge in [-0.3, -0.25) is 9.59 Å². The van der Waals surface area contributed by atoms with E-state index in [2.05, 4.69) is 10.2 Å². The summed E-state index contributed by atoms with van der Waals surface area (Å²) < 4.78 is 23.1. The number of Topliss-reactive ketones (excluding diaryl/α,β-unsaturated/α-hetero) is 1. The van der Waals surface area contributed by atoms with Gasteiger partial charge in [0.25, 0.3) is 5.91 Å². The van der Waals surface area contributed by atoms with Crippen LogP contribution in [0.1, 0.15) is 34.6 Å². The number of benzene rings is 2. The van der Waals surface area contributed by atoms with Crippen LogP contribution >= 0.6 is 11.8 Å². The summed E-state index contributed by atoms with van der Waals surface area (Å²) >= 11 is 6.42. The van der Waals surface area contributed by atoms with E-state index < -0.39 is 17.7 Å². The van der Waals surface area contributed by atoms with Crippen LogP contribution in [0.15, 0.2) is 46.6 Å². The molecule has 0 aliphatic carbocycles. The number of amides is 1. The van der Waals surface area contributed by atoms with Gasteiger partial charge in [-0.05, 0) is 58.9 Å². The fourth-order valence-electron chi connectivity index (χ4n) is 2.99. The van der Waals surface area contributed by atoms with Crippen LogP contribution in [0, 0.1) is 0 Å². The molecule has 1 unspecified atom stereocenters. The summed E-state index contributed by atoms with van der Waals surface area (Å²) in [5.74, 6) is 0.356. The molecule has 0 fully saturated rings. The van der Waals surface area contributed by atoms with Gasteiger partial charge in [-0.2, -0.15) is 10.2 Å². The molecular weight excluding hydrogens is 462 g/mol. The van der Waals surface area contributed by atoms with E-state index in [1.54, 1.807) is 50.2 Å². The minimum atomic E-state index is -1.48. The molecule has 0 saturated heterocycles. The molecule has 2 rings (SSSR count). The summed E-state index contributed by atoms with van der Waals surface area (Å²) in [5, 5.41) is 8.12. The SMILES string of the molecule is CCOc1ccc(N=NC(C(C)=O)C(=O)N(Cl)c2c(OCC)cccc2OCC)c(OCC)c1. The molecule has 1 atom stereocenters. The number of nitrogens with zero attached hydrogens (tertiary/aromatic N) is 3. The number of hydrogen-bond acceptors (Lipinski definition) is 8. The summed E-state index contributed by atoms with van der Waals surface area (Å²) in [6, 6.07) is 8.56. The van der Waals surface area contributed by atoms with Crippen LogP contribution in [0.2, 0.25) is 0 Å². The third kappa shape index (κ3) is 6.84. The number of ketones is 1. The van der Waals surface area contributed by atoms with Gasteiger partial charge in [0.05, 0.1) is 26.4 Å². The van der Waals surface area contributed by atoms with Crippen molar-refractivity contribution in [3.05, 3.63) is 36.4 Å². The molecule has 1 amide bonds. The second-order valence-corrected chi connectivity index (χ2v) is 7.15. The molecule has 10 heteroatoms. The highest BCUT2D eigenvalue weighted by Crippen LogP contribution is 2.40. The van der Waals surface area contributed by atoms with Gasteiger partial charge in [0, 0.05) is 17.8 Å². The average molecular weight is 492 g/mol. The Morgan fingerprint density at radius 2 is 1.44 bits per heavy atom. The zero-order valence-electron chi connectivity index (χ0n) is 20.0. The number of hydrogen-bond donors (Lipinski definition) is 0. The Hall–Kier alpha value is -3.33. The fraction of sp³-hybridized carbons (Fsp3) is 0.417. The van der Waals surface area contributed by atoms with Crippen LogP contribution in [-0.4, -0.2) is 44.2 Å². The highest BCUT2D eigenvalue weighted by atomic mass is 35.5. The monoisotopic (exact) mass is 491 g/mol. The molecular formula is C24H30ClN3O6. The molecule has 2 aromatic rings. The zero-order chi connectivity index (χ0) is 25.1. The van der Waals surface area contributed by atoms with Crippen LogP contribution in [-0.2, 0) is 9.59 Å². The molecule has 2 aromatic carbocycles. The maximum absolute atomic E-state index is 13.2. The average Bonchev–Trinajstić information content (AvgIpc) is 2.80. The molecule has 0 aromatic heterocycles. The van der Waals surface area contributed by atoms with Crippen molar-refractivity contribution in [1.29, 1.82) is 0 Å². The van der Waals surface area contributed by atoms with Crippen LogP contribution in [0.25, 0.3) is 0 Å². The standard InChI is InChI=1S/C24H30ClN3O6/c1-6-31-17-13-14-18(21(15-17)34-9-4)26-27-22(16(5)29)24(30)28(25)23-19(32-7-2)11-10-12-20(23)33-8-3/h10-15,22H,6-9H2,1-5H3. The number of carbonyl (C=O) groups is 2. The van der Waals surface area contributed by atoms with Gasteiger partial charge in [-0.25, -0.2) is 4.42 Å². The number of carbonyl (C=O) groups excluding carboxylic acids is 2. The van der Waals surface area contributed by atoms with E-state index in [1.165, 1.54) is 6.92 Å². The molecule has 0 spiro atoms. The summed E-state index contributed by atoms with van der Waals surface area (Å²) in [7, 11) is 0. The smallest absolute Gasteiger partial charge is 0.276 e. The molecule has 9 nitrogen and oxygen atoms in total. The van der Waals surface area contributed by atoms with Gasteiger partial charge < -0.3 is 18.9 Å². The van der Waals surface area contributed by atoms with Crippen LogP contribution in [0.4, 0.5) is 11.4 Å². The van der Waals surface area contributed by atoms with Crippen molar-refractivity contribution in [2.45, 2.75) is 40.7 Å². The van der Waals surface area contributed by atoms with Crippen LogP contribution in [0.3, 0.4) is 0 Å². The Morgan fingerprint density at radius 1 is 0.882 bits per heavy atom. The van der Waals surface area contributed by atoms with Gasteiger partial charge in [-0.1, -0.05) is 6.07 Å². The van der Waals surface area contributed by atoms with Gasteiger partial charge in [0.2, 0.25) is 6.04 Å². The lowest BCUT2D eigenvalue weighted by Crippen LogP contribution is -2.36. The molecule has 0 saturated carbocycles. The molecule has 0 bridgehead atoms. The third-order valence-corrected chi connectivity index (χ3v) is 4.73. The van der Waals surface area contributed by atoms with Crippen LogP contribution < -0.4 is 23.4 Å². The number of ether oxygens (including phenoxy) is 4.